The molecule has 2 N–H and O–H groups in total. The van der Waals surface area contributed by atoms with Gasteiger partial charge >= 0.3 is 6.18 Å². The molecule has 5 nitrogen and oxygen atoms in total. The van der Waals surface area contributed by atoms with Crippen LogP contribution in [0, 0.1) is 0 Å². The average molecular weight is 360 g/mol. The molecular weight excluding hydrogens is 347 g/mol. The molecule has 0 saturated heterocycles. The molecule has 0 aliphatic heterocycles. The van der Waals surface area contributed by atoms with Crippen LogP contribution < -0.4 is 10.5 Å². The van der Waals surface area contributed by atoms with Gasteiger partial charge in [-0.05, 0) is 12.5 Å². The first-order chi connectivity index (χ1) is 11.3. The van der Waals surface area contributed by atoms with E-state index in [4.69, 9.17) is 22.1 Å². The van der Waals surface area contributed by atoms with Gasteiger partial charge in [0.05, 0.1) is 11.3 Å². The van der Waals surface area contributed by atoms with Gasteiger partial charge in [0.2, 0.25) is 5.88 Å². The van der Waals surface area contributed by atoms with E-state index in [2.05, 4.69) is 9.97 Å². The fourth-order valence-corrected chi connectivity index (χ4v) is 2.38. The van der Waals surface area contributed by atoms with Crippen molar-refractivity contribution in [2.24, 2.45) is 5.73 Å². The number of rotatable bonds is 5. The van der Waals surface area contributed by atoms with E-state index in [0.717, 1.165) is 0 Å². The van der Waals surface area contributed by atoms with Gasteiger partial charge in [0.1, 0.15) is 5.02 Å². The maximum absolute atomic E-state index is 13.3. The summed E-state index contributed by atoms with van der Waals surface area (Å²) in [5.41, 5.74) is 3.53. The maximum Gasteiger partial charge on any atom is 0.437 e. The van der Waals surface area contributed by atoms with Crippen LogP contribution in [0.3, 0.4) is 0 Å². The molecule has 2 heterocycles. The van der Waals surface area contributed by atoms with Gasteiger partial charge in [-0.3, -0.25) is 4.79 Å². The Morgan fingerprint density at radius 2 is 2.08 bits per heavy atom. The number of primary amides is 1. The van der Waals surface area contributed by atoms with E-state index in [-0.39, 0.29) is 23.6 Å². The van der Waals surface area contributed by atoms with Crippen LogP contribution >= 0.6 is 11.6 Å². The van der Waals surface area contributed by atoms with Gasteiger partial charge in [0.25, 0.3) is 5.91 Å². The average Bonchev–Trinajstić information content (AvgIpc) is 2.49. The number of carbonyl (C=O) groups is 1. The minimum Gasteiger partial charge on any atom is -0.435 e. The second-order valence-corrected chi connectivity index (χ2v) is 5.19. The lowest BCUT2D eigenvalue weighted by Crippen LogP contribution is -2.20. The van der Waals surface area contributed by atoms with Crippen molar-refractivity contribution in [3.8, 4) is 11.6 Å². The van der Waals surface area contributed by atoms with Crippen molar-refractivity contribution < 1.29 is 22.7 Å². The molecule has 0 saturated carbocycles. The molecular formula is C15H13ClF3N3O2. The number of alkyl halides is 3. The topological polar surface area (TPSA) is 78.1 Å². The van der Waals surface area contributed by atoms with Crippen molar-refractivity contribution in [3.63, 3.8) is 0 Å². The third-order valence-corrected chi connectivity index (χ3v) is 3.38. The van der Waals surface area contributed by atoms with Crippen LogP contribution in [0.25, 0.3) is 0 Å². The largest absolute Gasteiger partial charge is 0.437 e. The first-order valence-electron chi connectivity index (χ1n) is 6.94. The molecule has 0 spiro atoms. The lowest BCUT2D eigenvalue weighted by molar-refractivity contribution is -0.142. The number of nitrogens with zero attached hydrogens (tertiary/aromatic N) is 2. The molecule has 2 rings (SSSR count). The highest BCUT2D eigenvalue weighted by Gasteiger charge is 2.40. The Balaban J connectivity index is 2.70. The van der Waals surface area contributed by atoms with Gasteiger partial charge in [-0.15, -0.1) is 0 Å². The van der Waals surface area contributed by atoms with Crippen molar-refractivity contribution in [2.75, 3.05) is 0 Å². The second-order valence-electron chi connectivity index (χ2n) is 4.81. The Bertz CT molecular complexity index is 752. The van der Waals surface area contributed by atoms with E-state index < -0.39 is 28.5 Å². The van der Waals surface area contributed by atoms with Crippen LogP contribution in [-0.2, 0) is 12.6 Å². The number of ether oxygens (including phenoxy) is 1. The maximum atomic E-state index is 13.3. The van der Waals surface area contributed by atoms with Gasteiger partial charge in [-0.1, -0.05) is 31.0 Å². The molecule has 1 amide bonds. The first kappa shape index (κ1) is 18.0. The minimum atomic E-state index is -4.83. The third kappa shape index (κ3) is 3.76. The van der Waals surface area contributed by atoms with E-state index in [1.165, 1.54) is 18.3 Å². The number of pyridine rings is 2. The highest BCUT2D eigenvalue weighted by molar-refractivity contribution is 6.35. The summed E-state index contributed by atoms with van der Waals surface area (Å²) in [5.74, 6) is -1.89. The zero-order valence-electron chi connectivity index (χ0n) is 12.5. The zero-order chi connectivity index (χ0) is 17.9. The predicted octanol–water partition coefficient (Wildman–Crippen LogP) is 3.99. The summed E-state index contributed by atoms with van der Waals surface area (Å²) in [6, 6.07) is 4.44. The number of nitrogens with two attached hydrogens (primary N) is 1. The summed E-state index contributed by atoms with van der Waals surface area (Å²) >= 11 is 6.01. The van der Waals surface area contributed by atoms with E-state index >= 15 is 0 Å². The normalized spacial score (nSPS) is 11.4. The summed E-state index contributed by atoms with van der Waals surface area (Å²) in [4.78, 5) is 19.0. The Morgan fingerprint density at radius 1 is 1.38 bits per heavy atom. The van der Waals surface area contributed by atoms with E-state index in [0.29, 0.717) is 6.42 Å². The highest BCUT2D eigenvalue weighted by Crippen LogP contribution is 2.43. The summed E-state index contributed by atoms with van der Waals surface area (Å²) in [6.45, 7) is 1.73. The molecule has 0 unspecified atom stereocenters. The summed E-state index contributed by atoms with van der Waals surface area (Å²) in [7, 11) is 0. The van der Waals surface area contributed by atoms with Crippen molar-refractivity contribution in [3.05, 3.63) is 46.4 Å². The molecule has 0 radical (unpaired) electrons. The number of carbonyl (C=O) groups excluding carboxylic acids is 1. The molecule has 24 heavy (non-hydrogen) atoms. The standard InChI is InChI=1S/C15H13ClF3N3O2/c1-2-5-8-10(14(20)23)11(16)12(13(22-8)15(17,18)19)24-9-6-3-4-7-21-9/h3-4,6-7H,2,5H2,1H3,(H2,20,23). The van der Waals surface area contributed by atoms with Crippen LogP contribution in [0.1, 0.15) is 35.1 Å². The van der Waals surface area contributed by atoms with Crippen molar-refractivity contribution in [2.45, 2.75) is 25.9 Å². The molecule has 2 aromatic heterocycles. The van der Waals surface area contributed by atoms with Gasteiger partial charge in [0, 0.05) is 12.3 Å². The van der Waals surface area contributed by atoms with Gasteiger partial charge in [-0.25, -0.2) is 9.97 Å². The molecule has 0 aromatic carbocycles. The molecule has 2 aromatic rings. The molecule has 0 aliphatic rings. The zero-order valence-corrected chi connectivity index (χ0v) is 13.3. The summed E-state index contributed by atoms with van der Waals surface area (Å²) in [6.07, 6.45) is -2.91. The summed E-state index contributed by atoms with van der Waals surface area (Å²) in [5, 5.41) is -0.529. The van der Waals surface area contributed by atoms with Crippen molar-refractivity contribution >= 4 is 17.5 Å². The minimum absolute atomic E-state index is 0.115. The molecule has 128 valence electrons. The molecule has 0 atom stereocenters. The Hall–Kier alpha value is -2.35. The van der Waals surface area contributed by atoms with Crippen LogP contribution in [0.4, 0.5) is 13.2 Å². The number of aryl methyl sites for hydroxylation is 1. The van der Waals surface area contributed by atoms with Crippen LogP contribution in [0.15, 0.2) is 24.4 Å². The second kappa shape index (κ2) is 7.04. The number of hydrogen-bond donors (Lipinski definition) is 1. The highest BCUT2D eigenvalue weighted by atomic mass is 35.5. The molecule has 9 heteroatoms. The Morgan fingerprint density at radius 3 is 2.58 bits per heavy atom. The molecule has 0 fully saturated rings. The van der Waals surface area contributed by atoms with Gasteiger partial charge in [0.15, 0.2) is 11.4 Å². The molecule has 0 aliphatic carbocycles. The Labute approximate surface area is 140 Å². The quantitative estimate of drug-likeness (QED) is 0.875. The predicted molar refractivity (Wildman–Crippen MR) is 81.1 cm³/mol. The SMILES string of the molecule is CCCc1nc(C(F)(F)F)c(Oc2ccccn2)c(Cl)c1C(N)=O. The van der Waals surface area contributed by atoms with Crippen molar-refractivity contribution in [1.82, 2.24) is 9.97 Å². The third-order valence-electron chi connectivity index (χ3n) is 3.02. The lowest BCUT2D eigenvalue weighted by atomic mass is 10.1. The van der Waals surface area contributed by atoms with E-state index in [1.54, 1.807) is 13.0 Å². The van der Waals surface area contributed by atoms with Crippen LogP contribution in [0.5, 0.6) is 11.6 Å². The fourth-order valence-electron chi connectivity index (χ4n) is 2.05. The molecule has 0 bridgehead atoms. The number of halogens is 4. The summed E-state index contributed by atoms with van der Waals surface area (Å²) < 4.78 is 45.2. The van der Waals surface area contributed by atoms with Crippen molar-refractivity contribution in [1.29, 1.82) is 0 Å². The lowest BCUT2D eigenvalue weighted by Gasteiger charge is -2.18. The number of hydrogen-bond acceptors (Lipinski definition) is 4. The fraction of sp³-hybridized carbons (Fsp3) is 0.267. The smallest absolute Gasteiger partial charge is 0.435 e. The number of amides is 1. The van der Waals surface area contributed by atoms with Crippen LogP contribution in [0.2, 0.25) is 5.02 Å². The van der Waals surface area contributed by atoms with Gasteiger partial charge < -0.3 is 10.5 Å². The monoisotopic (exact) mass is 359 g/mol. The Kier molecular flexibility index (Phi) is 5.28. The first-order valence-corrected chi connectivity index (χ1v) is 7.31. The number of aromatic nitrogens is 2. The van der Waals surface area contributed by atoms with E-state index in [1.807, 2.05) is 0 Å². The van der Waals surface area contributed by atoms with Gasteiger partial charge in [-0.2, -0.15) is 13.2 Å². The van der Waals surface area contributed by atoms with E-state index in [9.17, 15) is 18.0 Å². The van der Waals surface area contributed by atoms with Crippen LogP contribution in [-0.4, -0.2) is 15.9 Å².